The molecule has 1 fully saturated rings. The van der Waals surface area contributed by atoms with Crippen LogP contribution in [0.5, 0.6) is 0 Å². The van der Waals surface area contributed by atoms with E-state index in [0.717, 1.165) is 11.8 Å². The van der Waals surface area contributed by atoms with Crippen molar-refractivity contribution in [3.05, 3.63) is 11.3 Å². The number of aromatic nitrogens is 4. The highest BCUT2D eigenvalue weighted by atomic mass is 32.2. The Morgan fingerprint density at radius 1 is 1.50 bits per heavy atom. The van der Waals surface area contributed by atoms with Crippen LogP contribution in [0.3, 0.4) is 0 Å². The second-order valence-electron chi connectivity index (χ2n) is 5.74. The Labute approximate surface area is 172 Å². The molecule has 1 aromatic rings. The number of β-lactam (4-membered cyclic amide) rings is 1. The van der Waals surface area contributed by atoms with Crippen molar-refractivity contribution in [2.45, 2.75) is 16.6 Å². The summed E-state index contributed by atoms with van der Waals surface area (Å²) in [7, 11) is 1.68. The highest BCUT2D eigenvalue weighted by Crippen LogP contribution is 2.41. The fraction of sp³-hybridized carbons (Fsp3) is 0.500. The van der Waals surface area contributed by atoms with Crippen LogP contribution in [0.1, 0.15) is 0 Å². The van der Waals surface area contributed by atoms with Gasteiger partial charge in [-0.15, -0.1) is 28.6 Å². The lowest BCUT2D eigenvalue weighted by atomic mass is 10.0. The molecule has 3 rings (SSSR count). The number of hydrogen-bond donors (Lipinski definition) is 2. The highest BCUT2D eigenvalue weighted by molar-refractivity contribution is 8.01. The molecule has 148 valence electrons. The van der Waals surface area contributed by atoms with Crippen molar-refractivity contribution in [2.24, 2.45) is 7.05 Å². The molecule has 2 aliphatic rings. The zero-order valence-electron chi connectivity index (χ0n) is 14.6. The number of tetrazole rings is 1. The number of carboxylic acids is 1. The molecule has 14 heteroatoms. The van der Waals surface area contributed by atoms with Gasteiger partial charge in [0.05, 0.1) is 17.6 Å². The first-order valence-electron chi connectivity index (χ1n) is 7.93. The maximum atomic E-state index is 12.5. The van der Waals surface area contributed by atoms with E-state index in [-0.39, 0.29) is 23.1 Å². The van der Waals surface area contributed by atoms with Gasteiger partial charge in [0.25, 0.3) is 5.91 Å². The number of amides is 2. The number of carbonyl (C=O) groups is 3. The van der Waals surface area contributed by atoms with Gasteiger partial charge in [-0.25, -0.2) is 9.48 Å². The van der Waals surface area contributed by atoms with Gasteiger partial charge in [-0.3, -0.25) is 14.5 Å². The molecule has 1 aromatic heterocycles. The maximum Gasteiger partial charge on any atom is 0.352 e. The molecule has 0 aromatic carbocycles. The van der Waals surface area contributed by atoms with E-state index in [1.54, 1.807) is 7.05 Å². The number of carbonyl (C=O) groups excluding carboxylic acids is 2. The van der Waals surface area contributed by atoms with E-state index >= 15 is 0 Å². The van der Waals surface area contributed by atoms with E-state index in [4.69, 9.17) is 5.26 Å². The normalized spacial score (nSPS) is 21.0. The average Bonchev–Trinajstić information content (AvgIpc) is 3.08. The second kappa shape index (κ2) is 8.84. The van der Waals surface area contributed by atoms with Crippen LogP contribution in [0, 0.1) is 11.3 Å². The first-order valence-corrected chi connectivity index (χ1v) is 11.1. The smallest absolute Gasteiger partial charge is 0.352 e. The fourth-order valence-electron chi connectivity index (χ4n) is 2.69. The maximum absolute atomic E-state index is 12.5. The zero-order valence-corrected chi connectivity index (χ0v) is 17.0. The molecule has 0 spiro atoms. The molecular formula is C14H15N7O4S3. The molecule has 2 N–H and O–H groups in total. The van der Waals surface area contributed by atoms with Gasteiger partial charge >= 0.3 is 5.97 Å². The van der Waals surface area contributed by atoms with Crippen molar-refractivity contribution in [1.82, 2.24) is 30.4 Å². The summed E-state index contributed by atoms with van der Waals surface area (Å²) in [6.45, 7) is 0. The van der Waals surface area contributed by atoms with Crippen molar-refractivity contribution in [3.8, 4) is 6.07 Å². The Bertz CT molecular complexity index is 881. The number of nitriles is 1. The summed E-state index contributed by atoms with van der Waals surface area (Å²) in [4.78, 5) is 37.4. The molecule has 11 nitrogen and oxygen atoms in total. The fourth-order valence-corrected chi connectivity index (χ4v) is 5.49. The molecule has 0 aliphatic carbocycles. The number of carboxylic acid groups (broad SMARTS) is 1. The number of nitrogens with zero attached hydrogens (tertiary/aromatic N) is 6. The minimum Gasteiger partial charge on any atom is -0.477 e. The molecule has 0 radical (unpaired) electrons. The summed E-state index contributed by atoms with van der Waals surface area (Å²) in [6.07, 6.45) is 0. The lowest BCUT2D eigenvalue weighted by Gasteiger charge is -2.49. The quantitative estimate of drug-likeness (QED) is 0.299. The predicted molar refractivity (Wildman–Crippen MR) is 102 cm³/mol. The van der Waals surface area contributed by atoms with E-state index in [0.29, 0.717) is 22.2 Å². The van der Waals surface area contributed by atoms with Crippen molar-refractivity contribution in [2.75, 3.05) is 23.0 Å². The monoisotopic (exact) mass is 441 g/mol. The molecule has 2 atom stereocenters. The Hall–Kier alpha value is -2.24. The van der Waals surface area contributed by atoms with E-state index < -0.39 is 23.3 Å². The van der Waals surface area contributed by atoms with Crippen LogP contribution in [-0.2, 0) is 21.4 Å². The minimum atomic E-state index is -1.18. The number of aryl methyl sites for hydroxylation is 1. The number of aliphatic carboxylic acids is 1. The molecule has 28 heavy (non-hydrogen) atoms. The number of fused-ring (bicyclic) bond motifs is 1. The number of rotatable bonds is 8. The summed E-state index contributed by atoms with van der Waals surface area (Å²) in [5, 5.41) is 32.0. The molecule has 1 saturated heterocycles. The summed E-state index contributed by atoms with van der Waals surface area (Å²) < 4.78 is 1.48. The van der Waals surface area contributed by atoms with Gasteiger partial charge in [-0.1, -0.05) is 11.8 Å². The van der Waals surface area contributed by atoms with Crippen molar-refractivity contribution in [3.63, 3.8) is 0 Å². The first kappa shape index (κ1) is 20.5. The number of nitrogens with one attached hydrogen (secondary N) is 1. The number of hydrogen-bond acceptors (Lipinski definition) is 10. The van der Waals surface area contributed by atoms with Crippen LogP contribution in [0.2, 0.25) is 0 Å². The van der Waals surface area contributed by atoms with Gasteiger partial charge in [0.15, 0.2) is 0 Å². The Kier molecular flexibility index (Phi) is 6.47. The Balaban J connectivity index is 1.67. The van der Waals surface area contributed by atoms with Crippen LogP contribution in [0.15, 0.2) is 16.4 Å². The van der Waals surface area contributed by atoms with Crippen LogP contribution in [0.25, 0.3) is 0 Å². The summed E-state index contributed by atoms with van der Waals surface area (Å²) in [5.41, 5.74) is 0.560. The van der Waals surface area contributed by atoms with Gasteiger partial charge in [0.2, 0.25) is 11.1 Å². The Morgan fingerprint density at radius 2 is 2.29 bits per heavy atom. The molecular weight excluding hydrogens is 426 g/mol. The molecule has 2 aliphatic heterocycles. The lowest BCUT2D eigenvalue weighted by Crippen LogP contribution is -2.70. The van der Waals surface area contributed by atoms with Crippen molar-refractivity contribution >= 4 is 53.1 Å². The predicted octanol–water partition coefficient (Wildman–Crippen LogP) is -0.702. The first-order chi connectivity index (χ1) is 13.4. The molecule has 1 unspecified atom stereocenters. The topological polar surface area (TPSA) is 154 Å². The van der Waals surface area contributed by atoms with E-state index in [1.165, 1.54) is 33.1 Å². The van der Waals surface area contributed by atoms with E-state index in [2.05, 4.69) is 20.8 Å². The molecule has 0 saturated carbocycles. The van der Waals surface area contributed by atoms with Gasteiger partial charge in [0, 0.05) is 18.6 Å². The summed E-state index contributed by atoms with van der Waals surface area (Å²) in [5.74, 6) is -0.967. The second-order valence-corrected chi connectivity index (χ2v) is 8.77. The average molecular weight is 442 g/mol. The van der Waals surface area contributed by atoms with Gasteiger partial charge in [-0.2, -0.15) is 5.26 Å². The third-order valence-corrected chi connectivity index (χ3v) is 7.16. The van der Waals surface area contributed by atoms with Crippen LogP contribution < -0.4 is 5.32 Å². The lowest BCUT2D eigenvalue weighted by molar-refractivity contribution is -0.150. The van der Waals surface area contributed by atoms with Crippen molar-refractivity contribution in [1.29, 1.82) is 5.26 Å². The summed E-state index contributed by atoms with van der Waals surface area (Å²) in [6, 6.07) is 1.17. The van der Waals surface area contributed by atoms with Gasteiger partial charge in [-0.05, 0) is 16.0 Å². The third kappa shape index (κ3) is 4.10. The van der Waals surface area contributed by atoms with E-state index in [9.17, 15) is 19.5 Å². The minimum absolute atomic E-state index is 0.0410. The highest BCUT2D eigenvalue weighted by Gasteiger charge is 2.54. The third-order valence-electron chi connectivity index (χ3n) is 3.92. The molecule has 0 bridgehead atoms. The van der Waals surface area contributed by atoms with Crippen LogP contribution in [-0.4, -0.2) is 82.4 Å². The van der Waals surface area contributed by atoms with Gasteiger partial charge < -0.3 is 10.4 Å². The molecule has 2 amide bonds. The summed E-state index contributed by atoms with van der Waals surface area (Å²) >= 11 is 3.84. The van der Waals surface area contributed by atoms with Crippen LogP contribution in [0.4, 0.5) is 0 Å². The van der Waals surface area contributed by atoms with Crippen molar-refractivity contribution < 1.29 is 19.5 Å². The Morgan fingerprint density at radius 3 is 2.93 bits per heavy atom. The van der Waals surface area contributed by atoms with E-state index in [1.807, 2.05) is 6.07 Å². The number of thioether (sulfide) groups is 3. The van der Waals surface area contributed by atoms with Gasteiger partial charge in [0.1, 0.15) is 17.1 Å². The largest absolute Gasteiger partial charge is 0.477 e. The standard InChI is InChI=1S/C14H15N7O4S3/c1-20-14(17-18-19-20)28-5-7-4-27-12-9(16-8(22)6-26-3-2-15)11(23)21(12)10(7)13(24)25/h9,12H,3-6H2,1H3,(H,16,22)(H,24,25)/t9?,12-/m1/s1. The zero-order chi connectivity index (χ0) is 20.3. The SMILES string of the molecule is Cn1nnnc1SCC1=C(C(=O)O)N2C(=O)C(NC(=O)CSCC#N)[C@H]2SC1. The van der Waals surface area contributed by atoms with Crippen LogP contribution >= 0.6 is 35.3 Å². The molecule has 3 heterocycles.